The van der Waals surface area contributed by atoms with E-state index < -0.39 is 6.36 Å². The molecule has 0 spiro atoms. The molecule has 0 aliphatic heterocycles. The van der Waals surface area contributed by atoms with E-state index in [4.69, 9.17) is 0 Å². The van der Waals surface area contributed by atoms with Crippen molar-refractivity contribution in [2.24, 2.45) is 0 Å². The fourth-order valence-corrected chi connectivity index (χ4v) is 1.48. The van der Waals surface area contributed by atoms with Crippen LogP contribution in [0.5, 0.6) is 5.75 Å². The first-order valence-corrected chi connectivity index (χ1v) is 5.55. The molecule has 0 radical (unpaired) electrons. The number of ether oxygens (including phenoxy) is 1. The quantitative estimate of drug-likeness (QED) is 0.938. The number of aromatic nitrogens is 2. The molecule has 20 heavy (non-hydrogen) atoms. The van der Waals surface area contributed by atoms with Crippen molar-refractivity contribution in [1.29, 1.82) is 0 Å². The first-order chi connectivity index (χ1) is 9.42. The molecular formula is C12H10F3N3O2. The molecular weight excluding hydrogens is 275 g/mol. The lowest BCUT2D eigenvalue weighted by Gasteiger charge is -2.10. The van der Waals surface area contributed by atoms with Gasteiger partial charge in [-0.25, -0.2) is 0 Å². The highest BCUT2D eigenvalue weighted by Crippen LogP contribution is 2.23. The van der Waals surface area contributed by atoms with E-state index in [1.807, 2.05) is 0 Å². The summed E-state index contributed by atoms with van der Waals surface area (Å²) < 4.78 is 41.0. The first kappa shape index (κ1) is 13.9. The number of alkyl halides is 3. The molecule has 1 heterocycles. The molecule has 0 atom stereocenters. The van der Waals surface area contributed by atoms with E-state index in [0.29, 0.717) is 5.69 Å². The fourth-order valence-electron chi connectivity index (χ4n) is 1.48. The number of benzene rings is 1. The Hall–Kier alpha value is -2.51. The molecule has 0 saturated heterocycles. The standard InChI is InChI=1S/C12H10F3N3O2/c13-12(14,15)20-10-4-2-9(3-5-10)17-11(19)8-18-7-1-6-16-18/h1-7H,8H2,(H,17,19). The smallest absolute Gasteiger partial charge is 0.406 e. The molecule has 2 rings (SSSR count). The molecule has 1 aromatic carbocycles. The third-order valence-electron chi connectivity index (χ3n) is 2.24. The van der Waals surface area contributed by atoms with E-state index in [9.17, 15) is 18.0 Å². The Bertz CT molecular complexity index is 565. The van der Waals surface area contributed by atoms with Crippen molar-refractivity contribution >= 4 is 11.6 Å². The van der Waals surface area contributed by atoms with Gasteiger partial charge < -0.3 is 10.1 Å². The molecule has 5 nitrogen and oxygen atoms in total. The number of anilines is 1. The highest BCUT2D eigenvalue weighted by molar-refractivity contribution is 5.90. The zero-order chi connectivity index (χ0) is 14.6. The van der Waals surface area contributed by atoms with Crippen LogP contribution < -0.4 is 10.1 Å². The summed E-state index contributed by atoms with van der Waals surface area (Å²) in [5.41, 5.74) is 0.372. The average molecular weight is 285 g/mol. The summed E-state index contributed by atoms with van der Waals surface area (Å²) in [6.45, 7) is 0.0216. The van der Waals surface area contributed by atoms with Gasteiger partial charge >= 0.3 is 6.36 Å². The summed E-state index contributed by atoms with van der Waals surface area (Å²) in [7, 11) is 0. The maximum atomic E-state index is 12.0. The van der Waals surface area contributed by atoms with Crippen molar-refractivity contribution in [3.63, 3.8) is 0 Å². The summed E-state index contributed by atoms with van der Waals surface area (Å²) in [5.74, 6) is -0.680. The van der Waals surface area contributed by atoms with Gasteiger partial charge in [0.15, 0.2) is 0 Å². The van der Waals surface area contributed by atoms with E-state index >= 15 is 0 Å². The topological polar surface area (TPSA) is 56.2 Å². The number of rotatable bonds is 4. The number of carbonyl (C=O) groups excluding carboxylic acids is 1. The molecule has 1 aromatic heterocycles. The summed E-state index contributed by atoms with van der Waals surface area (Å²) >= 11 is 0. The summed E-state index contributed by atoms with van der Waals surface area (Å²) in [4.78, 5) is 11.6. The normalized spacial score (nSPS) is 11.2. The third kappa shape index (κ3) is 4.30. The SMILES string of the molecule is O=C(Cn1cccn1)Nc1ccc(OC(F)(F)F)cc1. The largest absolute Gasteiger partial charge is 0.573 e. The second kappa shape index (κ2) is 5.64. The highest BCUT2D eigenvalue weighted by Gasteiger charge is 2.30. The lowest BCUT2D eigenvalue weighted by Crippen LogP contribution is -2.19. The number of nitrogens with zero attached hydrogens (tertiary/aromatic N) is 2. The lowest BCUT2D eigenvalue weighted by molar-refractivity contribution is -0.274. The van der Waals surface area contributed by atoms with Crippen LogP contribution in [-0.2, 0) is 11.3 Å². The van der Waals surface area contributed by atoms with Crippen LogP contribution in [0.25, 0.3) is 0 Å². The van der Waals surface area contributed by atoms with Crippen LogP contribution in [0.4, 0.5) is 18.9 Å². The third-order valence-corrected chi connectivity index (χ3v) is 2.24. The van der Waals surface area contributed by atoms with Gasteiger partial charge in [-0.3, -0.25) is 9.48 Å². The highest BCUT2D eigenvalue weighted by atomic mass is 19.4. The van der Waals surface area contributed by atoms with Gasteiger partial charge in [-0.1, -0.05) is 0 Å². The van der Waals surface area contributed by atoms with E-state index in [1.165, 1.54) is 23.0 Å². The number of carbonyl (C=O) groups is 1. The average Bonchev–Trinajstić information content (AvgIpc) is 2.82. The molecule has 0 fully saturated rings. The minimum absolute atomic E-state index is 0.0216. The van der Waals surface area contributed by atoms with Crippen molar-refractivity contribution in [2.45, 2.75) is 12.9 Å². The Labute approximate surface area is 112 Å². The Morgan fingerprint density at radius 2 is 2.00 bits per heavy atom. The number of amides is 1. The van der Waals surface area contributed by atoms with Gasteiger partial charge in [-0.15, -0.1) is 13.2 Å². The monoisotopic (exact) mass is 285 g/mol. The maximum Gasteiger partial charge on any atom is 0.573 e. The molecule has 0 bridgehead atoms. The van der Waals surface area contributed by atoms with Gasteiger partial charge in [0.2, 0.25) is 5.91 Å². The van der Waals surface area contributed by atoms with Crippen LogP contribution in [0, 0.1) is 0 Å². The molecule has 2 aromatic rings. The van der Waals surface area contributed by atoms with E-state index in [-0.39, 0.29) is 18.2 Å². The summed E-state index contributed by atoms with van der Waals surface area (Å²) in [5, 5.41) is 6.40. The number of nitrogens with one attached hydrogen (secondary N) is 1. The zero-order valence-electron chi connectivity index (χ0n) is 10.1. The first-order valence-electron chi connectivity index (χ1n) is 5.55. The molecule has 0 unspecified atom stereocenters. The summed E-state index contributed by atoms with van der Waals surface area (Å²) in [6, 6.07) is 6.56. The Balaban J connectivity index is 1.92. The predicted molar refractivity (Wildman–Crippen MR) is 64.0 cm³/mol. The molecule has 0 aliphatic carbocycles. The van der Waals surface area contributed by atoms with Crippen molar-refractivity contribution in [3.8, 4) is 5.75 Å². The van der Waals surface area contributed by atoms with Crippen LogP contribution in [0.2, 0.25) is 0 Å². The minimum Gasteiger partial charge on any atom is -0.406 e. The Morgan fingerprint density at radius 1 is 1.30 bits per heavy atom. The van der Waals surface area contributed by atoms with Crippen LogP contribution >= 0.6 is 0 Å². The van der Waals surface area contributed by atoms with Crippen molar-refractivity contribution in [2.75, 3.05) is 5.32 Å². The molecule has 0 saturated carbocycles. The van der Waals surface area contributed by atoms with Gasteiger partial charge in [0.05, 0.1) is 0 Å². The van der Waals surface area contributed by atoms with Crippen molar-refractivity contribution in [1.82, 2.24) is 9.78 Å². The van der Waals surface area contributed by atoms with Crippen LogP contribution in [0.3, 0.4) is 0 Å². The molecule has 106 valence electrons. The molecule has 0 aliphatic rings. The van der Waals surface area contributed by atoms with Gasteiger partial charge in [0.1, 0.15) is 12.3 Å². The second-order valence-electron chi connectivity index (χ2n) is 3.82. The number of hydrogen-bond donors (Lipinski definition) is 1. The Kier molecular flexibility index (Phi) is 3.92. The van der Waals surface area contributed by atoms with Crippen molar-refractivity contribution < 1.29 is 22.7 Å². The predicted octanol–water partition coefficient (Wildman–Crippen LogP) is 2.42. The second-order valence-corrected chi connectivity index (χ2v) is 3.82. The van der Waals surface area contributed by atoms with Gasteiger partial charge in [-0.2, -0.15) is 5.10 Å². The zero-order valence-corrected chi connectivity index (χ0v) is 10.1. The fraction of sp³-hybridized carbons (Fsp3) is 0.167. The van der Waals surface area contributed by atoms with Crippen LogP contribution in [-0.4, -0.2) is 22.1 Å². The van der Waals surface area contributed by atoms with Gasteiger partial charge in [-0.05, 0) is 30.3 Å². The summed E-state index contributed by atoms with van der Waals surface area (Å²) in [6.07, 6.45) is -1.57. The lowest BCUT2D eigenvalue weighted by atomic mass is 10.3. The van der Waals surface area contributed by atoms with Gasteiger partial charge in [0.25, 0.3) is 0 Å². The van der Waals surface area contributed by atoms with E-state index in [2.05, 4.69) is 15.2 Å². The van der Waals surface area contributed by atoms with E-state index in [1.54, 1.807) is 12.3 Å². The molecule has 8 heteroatoms. The maximum absolute atomic E-state index is 12.0. The van der Waals surface area contributed by atoms with Crippen LogP contribution in [0.15, 0.2) is 42.7 Å². The molecule has 1 amide bonds. The van der Waals surface area contributed by atoms with E-state index in [0.717, 1.165) is 12.1 Å². The van der Waals surface area contributed by atoms with Crippen molar-refractivity contribution in [3.05, 3.63) is 42.7 Å². The minimum atomic E-state index is -4.73. The van der Waals surface area contributed by atoms with Gasteiger partial charge in [0, 0.05) is 18.1 Å². The Morgan fingerprint density at radius 3 is 2.55 bits per heavy atom. The number of halogens is 3. The van der Waals surface area contributed by atoms with Crippen LogP contribution in [0.1, 0.15) is 0 Å². The number of hydrogen-bond acceptors (Lipinski definition) is 3. The molecule has 1 N–H and O–H groups in total.